The van der Waals surface area contributed by atoms with E-state index in [0.717, 1.165) is 50.2 Å². The number of aliphatic hydroxyl groups is 1. The van der Waals surface area contributed by atoms with Crippen LogP contribution in [0.15, 0.2) is 42.7 Å². The first-order valence-corrected chi connectivity index (χ1v) is 13.2. The van der Waals surface area contributed by atoms with Crippen LogP contribution in [-0.2, 0) is 31.0 Å². The molecule has 0 fully saturated rings. The number of benzene rings is 1. The molecule has 3 aromatic heterocycles. The number of methoxy groups -OCH3 is 1. The lowest BCUT2D eigenvalue weighted by Crippen LogP contribution is -2.44. The van der Waals surface area contributed by atoms with Crippen molar-refractivity contribution in [3.05, 3.63) is 81.0 Å². The molecule has 7 nitrogen and oxygen atoms in total. The largest absolute Gasteiger partial charge is 0.392 e. The lowest BCUT2D eigenvalue weighted by molar-refractivity contribution is 0.0536. The van der Waals surface area contributed by atoms with E-state index in [-0.39, 0.29) is 18.5 Å². The van der Waals surface area contributed by atoms with E-state index in [1.54, 1.807) is 30.7 Å². The van der Waals surface area contributed by atoms with E-state index in [1.807, 2.05) is 19.9 Å². The predicted octanol–water partition coefficient (Wildman–Crippen LogP) is 5.68. The van der Waals surface area contributed by atoms with E-state index in [9.17, 15) is 9.50 Å². The standard InChI is InChI=1S/C27H29ClFN5O2S/c1-16-17(2)37-27(31-16)32-26-8-24(25(28)9-30-26)20-7-22-12-34(23(15-36-3)13-33(22)11-20)10-19-6-21(29)5-4-18(19)14-35/h4-9,11,23,35H,10,12-15H2,1-3H3,(H,30,31,32)/t23-/m1/s1. The quantitative estimate of drug-likeness (QED) is 0.299. The van der Waals surface area contributed by atoms with Crippen molar-refractivity contribution in [1.29, 1.82) is 0 Å². The maximum Gasteiger partial charge on any atom is 0.188 e. The van der Waals surface area contributed by atoms with Gasteiger partial charge in [0.15, 0.2) is 5.13 Å². The Morgan fingerprint density at radius 3 is 2.81 bits per heavy atom. The fraction of sp³-hybridized carbons (Fsp3) is 0.333. The highest BCUT2D eigenvalue weighted by Crippen LogP contribution is 2.34. The second-order valence-electron chi connectivity index (χ2n) is 9.29. The molecule has 5 rings (SSSR count). The summed E-state index contributed by atoms with van der Waals surface area (Å²) in [5, 5.41) is 14.4. The minimum Gasteiger partial charge on any atom is -0.392 e. The monoisotopic (exact) mass is 541 g/mol. The van der Waals surface area contributed by atoms with E-state index in [4.69, 9.17) is 16.3 Å². The van der Waals surface area contributed by atoms with E-state index >= 15 is 0 Å². The smallest absolute Gasteiger partial charge is 0.188 e. The van der Waals surface area contributed by atoms with Crippen LogP contribution in [-0.4, -0.2) is 44.3 Å². The van der Waals surface area contributed by atoms with Crippen LogP contribution in [0.2, 0.25) is 5.02 Å². The highest BCUT2D eigenvalue weighted by atomic mass is 35.5. The highest BCUT2D eigenvalue weighted by molar-refractivity contribution is 7.15. The Balaban J connectivity index is 1.42. The van der Waals surface area contributed by atoms with Gasteiger partial charge < -0.3 is 19.7 Å². The van der Waals surface area contributed by atoms with Gasteiger partial charge in [0.1, 0.15) is 11.6 Å². The number of aromatic nitrogens is 3. The second kappa shape index (κ2) is 10.9. The molecule has 4 aromatic rings. The molecule has 1 aliphatic heterocycles. The van der Waals surface area contributed by atoms with Gasteiger partial charge in [-0.3, -0.25) is 4.90 Å². The first-order valence-electron chi connectivity index (χ1n) is 12.0. The van der Waals surface area contributed by atoms with Crippen LogP contribution in [0.25, 0.3) is 11.1 Å². The van der Waals surface area contributed by atoms with E-state index in [0.29, 0.717) is 30.5 Å². The van der Waals surface area contributed by atoms with Gasteiger partial charge >= 0.3 is 0 Å². The number of thiazole rings is 1. The molecule has 0 spiro atoms. The fourth-order valence-electron chi connectivity index (χ4n) is 4.70. The number of anilines is 2. The predicted molar refractivity (Wildman–Crippen MR) is 145 cm³/mol. The summed E-state index contributed by atoms with van der Waals surface area (Å²) >= 11 is 8.18. The number of aliphatic hydroxyl groups excluding tert-OH is 1. The number of hydrogen-bond donors (Lipinski definition) is 2. The van der Waals surface area contributed by atoms with E-state index in [1.165, 1.54) is 12.1 Å². The molecule has 37 heavy (non-hydrogen) atoms. The molecule has 0 bridgehead atoms. The Labute approximate surface area is 224 Å². The molecule has 1 atom stereocenters. The van der Waals surface area contributed by atoms with Crippen LogP contribution in [0.1, 0.15) is 27.4 Å². The van der Waals surface area contributed by atoms with Gasteiger partial charge in [-0.2, -0.15) is 0 Å². The summed E-state index contributed by atoms with van der Waals surface area (Å²) in [5.41, 5.74) is 5.52. The number of aryl methyl sites for hydroxylation is 2. The van der Waals surface area contributed by atoms with Crippen LogP contribution in [0.5, 0.6) is 0 Å². The van der Waals surface area contributed by atoms with Crippen LogP contribution in [0.3, 0.4) is 0 Å². The third-order valence-electron chi connectivity index (χ3n) is 6.78. The number of nitrogens with one attached hydrogen (secondary N) is 1. The summed E-state index contributed by atoms with van der Waals surface area (Å²) in [5.74, 6) is 0.372. The molecule has 0 saturated carbocycles. The normalized spacial score (nSPS) is 15.7. The van der Waals surface area contributed by atoms with Gasteiger partial charge in [-0.05, 0) is 49.2 Å². The minimum atomic E-state index is -0.307. The zero-order chi connectivity index (χ0) is 26.1. The Morgan fingerprint density at radius 1 is 1.24 bits per heavy atom. The van der Waals surface area contributed by atoms with Crippen molar-refractivity contribution in [1.82, 2.24) is 19.4 Å². The third kappa shape index (κ3) is 5.56. The van der Waals surface area contributed by atoms with Crippen LogP contribution < -0.4 is 5.32 Å². The summed E-state index contributed by atoms with van der Waals surface area (Å²) in [7, 11) is 1.69. The minimum absolute atomic E-state index is 0.0917. The first-order chi connectivity index (χ1) is 17.8. The van der Waals surface area contributed by atoms with Crippen LogP contribution in [0, 0.1) is 19.7 Å². The maximum absolute atomic E-state index is 14.0. The van der Waals surface area contributed by atoms with Gasteiger partial charge in [-0.25, -0.2) is 14.4 Å². The van der Waals surface area contributed by atoms with Gasteiger partial charge in [0.05, 0.1) is 30.0 Å². The molecule has 0 saturated heterocycles. The van der Waals surface area contributed by atoms with Gasteiger partial charge in [0.25, 0.3) is 0 Å². The maximum atomic E-state index is 14.0. The summed E-state index contributed by atoms with van der Waals surface area (Å²) in [4.78, 5) is 12.4. The van der Waals surface area contributed by atoms with E-state index < -0.39 is 0 Å². The molecule has 2 N–H and O–H groups in total. The Morgan fingerprint density at radius 2 is 2.08 bits per heavy atom. The molecular formula is C27H29ClFN5O2S. The van der Waals surface area contributed by atoms with Crippen LogP contribution in [0.4, 0.5) is 15.3 Å². The van der Waals surface area contributed by atoms with Gasteiger partial charge in [0.2, 0.25) is 0 Å². The Bertz CT molecular complexity index is 1400. The lowest BCUT2D eigenvalue weighted by Gasteiger charge is -2.36. The molecule has 10 heteroatoms. The van der Waals surface area contributed by atoms with Crippen molar-refractivity contribution in [2.45, 2.75) is 46.1 Å². The molecule has 194 valence electrons. The number of ether oxygens (including phenoxy) is 1. The van der Waals surface area contributed by atoms with Gasteiger partial charge in [0, 0.05) is 60.8 Å². The summed E-state index contributed by atoms with van der Waals surface area (Å²) in [6.45, 7) is 6.33. The second-order valence-corrected chi connectivity index (χ2v) is 10.9. The average molecular weight is 542 g/mol. The van der Waals surface area contributed by atoms with Crippen molar-refractivity contribution < 1.29 is 14.2 Å². The van der Waals surface area contributed by atoms with Crippen molar-refractivity contribution in [2.75, 3.05) is 19.0 Å². The molecule has 1 aliphatic rings. The van der Waals surface area contributed by atoms with Crippen LogP contribution >= 0.6 is 22.9 Å². The average Bonchev–Trinajstić information content (AvgIpc) is 3.42. The lowest BCUT2D eigenvalue weighted by atomic mass is 10.0. The Hall–Kier alpha value is -2.82. The summed E-state index contributed by atoms with van der Waals surface area (Å²) < 4.78 is 21.7. The number of rotatable bonds is 8. The number of hydrogen-bond acceptors (Lipinski definition) is 7. The number of nitrogens with zero attached hydrogens (tertiary/aromatic N) is 4. The van der Waals surface area contributed by atoms with Crippen molar-refractivity contribution >= 4 is 33.9 Å². The summed E-state index contributed by atoms with van der Waals surface area (Å²) in [6, 6.07) is 8.71. The molecule has 0 unspecified atom stereocenters. The Kier molecular flexibility index (Phi) is 7.60. The number of halogens is 2. The molecular weight excluding hydrogens is 513 g/mol. The third-order valence-corrected chi connectivity index (χ3v) is 8.07. The number of pyridine rings is 1. The molecule has 1 aromatic carbocycles. The van der Waals surface area contributed by atoms with E-state index in [2.05, 4.69) is 37.0 Å². The first kappa shape index (κ1) is 25.8. The zero-order valence-corrected chi connectivity index (χ0v) is 22.5. The fourth-order valence-corrected chi connectivity index (χ4v) is 5.73. The van der Waals surface area contributed by atoms with Crippen molar-refractivity contribution in [3.8, 4) is 11.1 Å². The zero-order valence-electron chi connectivity index (χ0n) is 21.0. The summed E-state index contributed by atoms with van der Waals surface area (Å²) in [6.07, 6.45) is 3.77. The SMILES string of the molecule is COC[C@H]1Cn2cc(-c3cc(Nc4nc(C)c(C)s4)ncc3Cl)cc2CN1Cc1cc(F)ccc1CO. The number of fused-ring (bicyclic) bond motifs is 1. The molecule has 0 radical (unpaired) electrons. The molecule has 0 aliphatic carbocycles. The van der Waals surface area contributed by atoms with Gasteiger partial charge in [-0.15, -0.1) is 11.3 Å². The molecule has 4 heterocycles. The molecule has 0 amide bonds. The van der Waals surface area contributed by atoms with Gasteiger partial charge in [-0.1, -0.05) is 17.7 Å². The van der Waals surface area contributed by atoms with Crippen molar-refractivity contribution in [2.24, 2.45) is 0 Å². The highest BCUT2D eigenvalue weighted by Gasteiger charge is 2.28. The van der Waals surface area contributed by atoms with Crippen molar-refractivity contribution in [3.63, 3.8) is 0 Å². The topological polar surface area (TPSA) is 75.4 Å².